The molecule has 3 aromatic rings. The third-order valence-corrected chi connectivity index (χ3v) is 3.06. The van der Waals surface area contributed by atoms with E-state index in [0.717, 1.165) is 21.9 Å². The molecule has 2 aromatic carbocycles. The molecule has 0 fully saturated rings. The number of nitrogens with zero attached hydrogens (tertiary/aromatic N) is 2. The van der Waals surface area contributed by atoms with Crippen LogP contribution in [0.3, 0.4) is 0 Å². The minimum Gasteiger partial charge on any atom is -0.263 e. The van der Waals surface area contributed by atoms with Crippen molar-refractivity contribution in [3.63, 3.8) is 0 Å². The zero-order chi connectivity index (χ0) is 13.2. The first-order valence-corrected chi connectivity index (χ1v) is 5.83. The standard InChI is InChI=1S/C15H10N2O2/c18-17(19)13-7-5-11(6-8-13)15-10-16-9-12-3-1-2-4-14(12)15/h1-10H. The summed E-state index contributed by atoms with van der Waals surface area (Å²) >= 11 is 0. The van der Waals surface area contributed by atoms with Crippen LogP contribution in [0.1, 0.15) is 0 Å². The molecule has 19 heavy (non-hydrogen) atoms. The van der Waals surface area contributed by atoms with Gasteiger partial charge in [-0.25, -0.2) is 0 Å². The Morgan fingerprint density at radius 3 is 2.42 bits per heavy atom. The van der Waals surface area contributed by atoms with Crippen LogP contribution in [0.2, 0.25) is 0 Å². The van der Waals surface area contributed by atoms with E-state index in [2.05, 4.69) is 4.98 Å². The van der Waals surface area contributed by atoms with Gasteiger partial charge in [0.05, 0.1) is 4.92 Å². The van der Waals surface area contributed by atoms with Crippen molar-refractivity contribution in [2.45, 2.75) is 0 Å². The molecule has 0 saturated carbocycles. The van der Waals surface area contributed by atoms with Crippen LogP contribution >= 0.6 is 0 Å². The molecule has 0 aliphatic heterocycles. The third kappa shape index (κ3) is 2.04. The molecule has 1 heterocycles. The predicted octanol–water partition coefficient (Wildman–Crippen LogP) is 3.81. The van der Waals surface area contributed by atoms with Crippen molar-refractivity contribution in [2.24, 2.45) is 0 Å². The van der Waals surface area contributed by atoms with E-state index in [9.17, 15) is 10.1 Å². The first kappa shape index (κ1) is 11.3. The first-order chi connectivity index (χ1) is 9.25. The summed E-state index contributed by atoms with van der Waals surface area (Å²) in [5.74, 6) is 0. The van der Waals surface area contributed by atoms with E-state index in [-0.39, 0.29) is 5.69 Å². The second kappa shape index (κ2) is 4.49. The van der Waals surface area contributed by atoms with Gasteiger partial charge in [-0.05, 0) is 23.1 Å². The second-order valence-corrected chi connectivity index (χ2v) is 4.21. The van der Waals surface area contributed by atoms with Crippen molar-refractivity contribution in [2.75, 3.05) is 0 Å². The third-order valence-electron chi connectivity index (χ3n) is 3.06. The maximum absolute atomic E-state index is 10.7. The number of benzene rings is 2. The lowest BCUT2D eigenvalue weighted by molar-refractivity contribution is -0.384. The smallest absolute Gasteiger partial charge is 0.263 e. The number of non-ortho nitro benzene ring substituents is 1. The molecule has 0 bridgehead atoms. The summed E-state index contributed by atoms with van der Waals surface area (Å²) in [4.78, 5) is 14.5. The van der Waals surface area contributed by atoms with Gasteiger partial charge in [-0.2, -0.15) is 0 Å². The Bertz CT molecular complexity index is 746. The minimum absolute atomic E-state index is 0.0944. The second-order valence-electron chi connectivity index (χ2n) is 4.21. The zero-order valence-electron chi connectivity index (χ0n) is 9.98. The molecule has 0 unspecified atom stereocenters. The van der Waals surface area contributed by atoms with Gasteiger partial charge in [0.25, 0.3) is 5.69 Å². The van der Waals surface area contributed by atoms with E-state index in [4.69, 9.17) is 0 Å². The van der Waals surface area contributed by atoms with Gasteiger partial charge in [-0.15, -0.1) is 0 Å². The van der Waals surface area contributed by atoms with Gasteiger partial charge in [-0.1, -0.05) is 24.3 Å². The number of aromatic nitrogens is 1. The Balaban J connectivity index is 2.16. The molecule has 0 amide bonds. The molecule has 92 valence electrons. The number of hydrogen-bond acceptors (Lipinski definition) is 3. The van der Waals surface area contributed by atoms with Crippen LogP contribution < -0.4 is 0 Å². The van der Waals surface area contributed by atoms with E-state index in [0.29, 0.717) is 0 Å². The number of rotatable bonds is 2. The molecule has 0 atom stereocenters. The van der Waals surface area contributed by atoms with Crippen LogP contribution in [-0.2, 0) is 0 Å². The topological polar surface area (TPSA) is 56.0 Å². The quantitative estimate of drug-likeness (QED) is 0.513. The number of fused-ring (bicyclic) bond motifs is 1. The summed E-state index contributed by atoms with van der Waals surface area (Å²) < 4.78 is 0. The highest BCUT2D eigenvalue weighted by molar-refractivity contribution is 5.95. The maximum atomic E-state index is 10.7. The molecular formula is C15H10N2O2. The van der Waals surface area contributed by atoms with Crippen LogP contribution in [0.25, 0.3) is 21.9 Å². The molecular weight excluding hydrogens is 240 g/mol. The normalized spacial score (nSPS) is 10.5. The molecule has 3 rings (SSSR count). The average molecular weight is 250 g/mol. The minimum atomic E-state index is -0.398. The number of nitro groups is 1. The average Bonchev–Trinajstić information content (AvgIpc) is 2.47. The van der Waals surface area contributed by atoms with Crippen molar-refractivity contribution in [1.29, 1.82) is 0 Å². The molecule has 0 spiro atoms. The van der Waals surface area contributed by atoms with Crippen molar-refractivity contribution < 1.29 is 4.92 Å². The predicted molar refractivity (Wildman–Crippen MR) is 73.8 cm³/mol. The lowest BCUT2D eigenvalue weighted by Gasteiger charge is -2.05. The van der Waals surface area contributed by atoms with Gasteiger partial charge in [0.2, 0.25) is 0 Å². The monoisotopic (exact) mass is 250 g/mol. The van der Waals surface area contributed by atoms with E-state index in [1.165, 1.54) is 12.1 Å². The highest BCUT2D eigenvalue weighted by Crippen LogP contribution is 2.28. The fourth-order valence-electron chi connectivity index (χ4n) is 2.11. The molecule has 4 heteroatoms. The van der Waals surface area contributed by atoms with E-state index >= 15 is 0 Å². The Hall–Kier alpha value is -2.75. The molecule has 1 aromatic heterocycles. The van der Waals surface area contributed by atoms with E-state index in [1.807, 2.05) is 30.5 Å². The van der Waals surface area contributed by atoms with Crippen LogP contribution in [0.5, 0.6) is 0 Å². The highest BCUT2D eigenvalue weighted by Gasteiger charge is 2.07. The van der Waals surface area contributed by atoms with Gasteiger partial charge in [0, 0.05) is 35.5 Å². The Morgan fingerprint density at radius 2 is 1.68 bits per heavy atom. The van der Waals surface area contributed by atoms with Gasteiger partial charge in [0.1, 0.15) is 0 Å². The number of hydrogen-bond donors (Lipinski definition) is 0. The van der Waals surface area contributed by atoms with Crippen molar-refractivity contribution >= 4 is 16.5 Å². The van der Waals surface area contributed by atoms with Gasteiger partial charge in [0.15, 0.2) is 0 Å². The fraction of sp³-hybridized carbons (Fsp3) is 0. The van der Waals surface area contributed by atoms with Crippen LogP contribution in [0.15, 0.2) is 60.9 Å². The lowest BCUT2D eigenvalue weighted by Crippen LogP contribution is -1.88. The Morgan fingerprint density at radius 1 is 0.947 bits per heavy atom. The lowest BCUT2D eigenvalue weighted by atomic mass is 10.0. The van der Waals surface area contributed by atoms with E-state index < -0.39 is 4.92 Å². The van der Waals surface area contributed by atoms with Crippen LogP contribution in [0.4, 0.5) is 5.69 Å². The van der Waals surface area contributed by atoms with Gasteiger partial charge in [-0.3, -0.25) is 15.1 Å². The summed E-state index contributed by atoms with van der Waals surface area (Å²) in [7, 11) is 0. The van der Waals surface area contributed by atoms with Gasteiger partial charge < -0.3 is 0 Å². The molecule has 0 aliphatic rings. The Kier molecular flexibility index (Phi) is 2.68. The summed E-state index contributed by atoms with van der Waals surface area (Å²) in [5, 5.41) is 12.8. The Labute approximate surface area is 109 Å². The molecule has 0 radical (unpaired) electrons. The summed E-state index contributed by atoms with van der Waals surface area (Å²) in [5.41, 5.74) is 2.00. The zero-order valence-corrected chi connectivity index (χ0v) is 9.98. The van der Waals surface area contributed by atoms with Crippen molar-refractivity contribution in [3.8, 4) is 11.1 Å². The molecule has 4 nitrogen and oxygen atoms in total. The summed E-state index contributed by atoms with van der Waals surface area (Å²) in [6.45, 7) is 0. The summed E-state index contributed by atoms with van der Waals surface area (Å²) in [6, 6.07) is 14.5. The number of pyridine rings is 1. The first-order valence-electron chi connectivity index (χ1n) is 5.83. The van der Waals surface area contributed by atoms with Crippen LogP contribution in [0, 0.1) is 10.1 Å². The maximum Gasteiger partial charge on any atom is 0.269 e. The SMILES string of the molecule is O=[N+]([O-])c1ccc(-c2cncc3ccccc23)cc1. The number of nitro benzene ring substituents is 1. The van der Waals surface area contributed by atoms with Crippen LogP contribution in [-0.4, -0.2) is 9.91 Å². The van der Waals surface area contributed by atoms with E-state index in [1.54, 1.807) is 18.3 Å². The molecule has 0 N–H and O–H groups in total. The van der Waals surface area contributed by atoms with Crippen molar-refractivity contribution in [3.05, 3.63) is 71.0 Å². The molecule has 0 aliphatic carbocycles. The van der Waals surface area contributed by atoms with Gasteiger partial charge >= 0.3 is 0 Å². The molecule has 0 saturated heterocycles. The summed E-state index contributed by atoms with van der Waals surface area (Å²) in [6.07, 6.45) is 3.59. The highest BCUT2D eigenvalue weighted by atomic mass is 16.6. The largest absolute Gasteiger partial charge is 0.269 e. The van der Waals surface area contributed by atoms with Crippen molar-refractivity contribution in [1.82, 2.24) is 4.98 Å². The fourth-order valence-corrected chi connectivity index (χ4v) is 2.11.